The number of thiol groups is 1. The molecule has 3 N–H and O–H groups in total. The van der Waals surface area contributed by atoms with Gasteiger partial charge in [0.25, 0.3) is 0 Å². The molecule has 0 aromatic carbocycles. The minimum Gasteiger partial charge on any atom is -0.390 e. The van der Waals surface area contributed by atoms with Gasteiger partial charge in [0.15, 0.2) is 0 Å². The molecule has 1 aromatic rings. The molecule has 0 radical (unpaired) electrons. The summed E-state index contributed by atoms with van der Waals surface area (Å²) in [5.41, 5.74) is -0.0940. The summed E-state index contributed by atoms with van der Waals surface area (Å²) in [5.74, 6) is 0.481. The Morgan fingerprint density at radius 2 is 2.29 bits per heavy atom. The van der Waals surface area contributed by atoms with Crippen molar-refractivity contribution in [1.29, 1.82) is 0 Å². The molecular weight excluding hydrogens is 204 g/mol. The third-order valence-electron chi connectivity index (χ3n) is 1.82. The molecule has 1 heterocycles. The number of rotatable bonds is 4. The maximum atomic E-state index is 10.6. The minimum atomic E-state index is -1.04. The highest BCUT2D eigenvalue weighted by Gasteiger charge is 2.17. The van der Waals surface area contributed by atoms with Gasteiger partial charge in [-0.1, -0.05) is 0 Å². The Kier molecular flexibility index (Phi) is 4.12. The second-order valence-corrected chi connectivity index (χ2v) is 3.32. The van der Waals surface area contributed by atoms with Crippen LogP contribution in [-0.2, 0) is 0 Å². The van der Waals surface area contributed by atoms with Crippen molar-refractivity contribution in [3.8, 4) is 0 Å². The van der Waals surface area contributed by atoms with Gasteiger partial charge in [-0.2, -0.15) is 12.6 Å². The molecular formula is C8H12N2O3S. The van der Waals surface area contributed by atoms with E-state index < -0.39 is 17.9 Å². The standard InChI is InChI=1S/C8H12N2O3S/c11-6(1-2-14)7(12)5-3-9-8(13)10-4-5/h3-4,6-7,11-12,14H,1-2H2,(H,9,10,13). The van der Waals surface area contributed by atoms with Gasteiger partial charge >= 0.3 is 5.69 Å². The maximum absolute atomic E-state index is 10.6. The number of aliphatic hydroxyl groups excluding tert-OH is 2. The number of H-pyrrole nitrogens is 1. The lowest BCUT2D eigenvalue weighted by Crippen LogP contribution is -2.20. The van der Waals surface area contributed by atoms with E-state index >= 15 is 0 Å². The Balaban J connectivity index is 2.73. The zero-order chi connectivity index (χ0) is 10.6. The molecule has 2 atom stereocenters. The highest BCUT2D eigenvalue weighted by atomic mass is 32.1. The van der Waals surface area contributed by atoms with Gasteiger partial charge in [-0.15, -0.1) is 0 Å². The summed E-state index contributed by atoms with van der Waals surface area (Å²) < 4.78 is 0. The predicted octanol–water partition coefficient (Wildman–Crippen LogP) is -0.516. The van der Waals surface area contributed by atoms with E-state index in [0.717, 1.165) is 0 Å². The number of nitrogens with one attached hydrogen (secondary N) is 1. The molecule has 1 aromatic heterocycles. The van der Waals surface area contributed by atoms with Crippen molar-refractivity contribution < 1.29 is 10.2 Å². The molecule has 78 valence electrons. The van der Waals surface area contributed by atoms with Gasteiger partial charge in [0.05, 0.1) is 6.10 Å². The maximum Gasteiger partial charge on any atom is 0.344 e. The van der Waals surface area contributed by atoms with Crippen LogP contribution in [0, 0.1) is 0 Å². The lowest BCUT2D eigenvalue weighted by Gasteiger charge is -2.16. The zero-order valence-electron chi connectivity index (χ0n) is 7.42. The van der Waals surface area contributed by atoms with E-state index in [9.17, 15) is 15.0 Å². The van der Waals surface area contributed by atoms with Crippen LogP contribution >= 0.6 is 12.6 Å². The van der Waals surface area contributed by atoms with Crippen LogP contribution in [0.2, 0.25) is 0 Å². The number of hydrogen-bond acceptors (Lipinski definition) is 5. The van der Waals surface area contributed by atoms with Crippen molar-refractivity contribution >= 4 is 12.6 Å². The quantitative estimate of drug-likeness (QED) is 0.510. The number of nitrogens with zero attached hydrogens (tertiary/aromatic N) is 1. The Morgan fingerprint density at radius 1 is 1.57 bits per heavy atom. The lowest BCUT2D eigenvalue weighted by molar-refractivity contribution is 0.0168. The summed E-state index contributed by atoms with van der Waals surface area (Å²) in [6.45, 7) is 0. The first-order valence-corrected chi connectivity index (χ1v) is 4.80. The van der Waals surface area contributed by atoms with Crippen LogP contribution in [0.4, 0.5) is 0 Å². The first-order valence-electron chi connectivity index (χ1n) is 4.16. The summed E-state index contributed by atoms with van der Waals surface area (Å²) in [5, 5.41) is 19.0. The van der Waals surface area contributed by atoms with Crippen molar-refractivity contribution in [3.63, 3.8) is 0 Å². The van der Waals surface area contributed by atoms with Crippen LogP contribution in [0.15, 0.2) is 17.2 Å². The average Bonchev–Trinajstić information content (AvgIpc) is 2.18. The molecule has 0 spiro atoms. The number of aromatic nitrogens is 2. The van der Waals surface area contributed by atoms with Gasteiger partial charge in [-0.25, -0.2) is 9.78 Å². The zero-order valence-corrected chi connectivity index (χ0v) is 8.32. The third-order valence-corrected chi connectivity index (χ3v) is 2.08. The van der Waals surface area contributed by atoms with E-state index in [1.54, 1.807) is 0 Å². The van der Waals surface area contributed by atoms with Gasteiger partial charge in [-0.05, 0) is 12.2 Å². The molecule has 0 aliphatic rings. The van der Waals surface area contributed by atoms with E-state index in [-0.39, 0.29) is 0 Å². The molecule has 14 heavy (non-hydrogen) atoms. The number of hydrogen-bond donors (Lipinski definition) is 4. The largest absolute Gasteiger partial charge is 0.390 e. The summed E-state index contributed by atoms with van der Waals surface area (Å²) in [6.07, 6.45) is 1.03. The first-order chi connectivity index (χ1) is 6.65. The highest BCUT2D eigenvalue weighted by Crippen LogP contribution is 2.16. The molecule has 0 bridgehead atoms. The van der Waals surface area contributed by atoms with Crippen molar-refractivity contribution in [1.82, 2.24) is 9.97 Å². The monoisotopic (exact) mass is 216 g/mol. The van der Waals surface area contributed by atoms with Gasteiger partial charge in [-0.3, -0.25) is 0 Å². The molecule has 0 aliphatic heterocycles. The van der Waals surface area contributed by atoms with E-state index in [1.165, 1.54) is 12.4 Å². The summed E-state index contributed by atoms with van der Waals surface area (Å²) >= 11 is 3.94. The fourth-order valence-electron chi connectivity index (χ4n) is 1.03. The SMILES string of the molecule is O=c1ncc(C(O)C(O)CCS)c[nH]1. The van der Waals surface area contributed by atoms with E-state index in [4.69, 9.17) is 0 Å². The van der Waals surface area contributed by atoms with Crippen LogP contribution in [0.3, 0.4) is 0 Å². The summed E-state index contributed by atoms with van der Waals surface area (Å²) in [7, 11) is 0. The fourth-order valence-corrected chi connectivity index (χ4v) is 1.29. The topological polar surface area (TPSA) is 86.2 Å². The molecule has 5 nitrogen and oxygen atoms in total. The number of aliphatic hydroxyl groups is 2. The van der Waals surface area contributed by atoms with Crippen LogP contribution < -0.4 is 5.69 Å². The first kappa shape index (κ1) is 11.2. The molecule has 0 saturated carbocycles. The molecule has 0 fully saturated rings. The van der Waals surface area contributed by atoms with E-state index in [0.29, 0.717) is 17.7 Å². The Labute approximate surface area is 86.2 Å². The molecule has 2 unspecified atom stereocenters. The predicted molar refractivity (Wildman–Crippen MR) is 54.3 cm³/mol. The summed E-state index contributed by atoms with van der Waals surface area (Å²) in [4.78, 5) is 16.4. The highest BCUT2D eigenvalue weighted by molar-refractivity contribution is 7.80. The average molecular weight is 216 g/mol. The molecule has 0 amide bonds. The molecule has 1 rings (SSSR count). The Bertz CT molecular complexity index is 321. The molecule has 0 aliphatic carbocycles. The van der Waals surface area contributed by atoms with Crippen LogP contribution in [-0.4, -0.2) is 32.0 Å². The van der Waals surface area contributed by atoms with Crippen LogP contribution in [0.5, 0.6) is 0 Å². The van der Waals surface area contributed by atoms with Gasteiger partial charge in [0.2, 0.25) is 0 Å². The fraction of sp³-hybridized carbons (Fsp3) is 0.500. The van der Waals surface area contributed by atoms with E-state index in [1.807, 2.05) is 0 Å². The van der Waals surface area contributed by atoms with Crippen LogP contribution in [0.1, 0.15) is 18.1 Å². The molecule has 6 heteroatoms. The lowest BCUT2D eigenvalue weighted by atomic mass is 10.1. The van der Waals surface area contributed by atoms with E-state index in [2.05, 4.69) is 22.6 Å². The van der Waals surface area contributed by atoms with Gasteiger partial charge in [0.1, 0.15) is 6.10 Å². The van der Waals surface area contributed by atoms with Crippen molar-refractivity contribution in [3.05, 3.63) is 28.4 Å². The minimum absolute atomic E-state index is 0.378. The summed E-state index contributed by atoms with van der Waals surface area (Å²) in [6, 6.07) is 0. The second-order valence-electron chi connectivity index (χ2n) is 2.88. The Hall–Kier alpha value is -0.850. The van der Waals surface area contributed by atoms with Crippen LogP contribution in [0.25, 0.3) is 0 Å². The Morgan fingerprint density at radius 3 is 2.79 bits per heavy atom. The van der Waals surface area contributed by atoms with Crippen molar-refractivity contribution in [2.24, 2.45) is 0 Å². The molecule has 0 saturated heterocycles. The smallest absolute Gasteiger partial charge is 0.344 e. The van der Waals surface area contributed by atoms with Gasteiger partial charge in [0, 0.05) is 18.0 Å². The third kappa shape index (κ3) is 2.83. The normalized spacial score (nSPS) is 15.1. The van der Waals surface area contributed by atoms with Crippen molar-refractivity contribution in [2.45, 2.75) is 18.6 Å². The number of aromatic amines is 1. The van der Waals surface area contributed by atoms with Crippen molar-refractivity contribution in [2.75, 3.05) is 5.75 Å². The second kappa shape index (κ2) is 5.14. The van der Waals surface area contributed by atoms with Gasteiger partial charge < -0.3 is 15.2 Å².